The Labute approximate surface area is 137 Å². The van der Waals surface area contributed by atoms with E-state index in [2.05, 4.69) is 21.5 Å². The van der Waals surface area contributed by atoms with Crippen LogP contribution < -0.4 is 21.5 Å². The van der Waals surface area contributed by atoms with Crippen molar-refractivity contribution in [2.75, 3.05) is 5.32 Å². The van der Waals surface area contributed by atoms with Gasteiger partial charge in [0.2, 0.25) is 0 Å². The number of nitrogens with one attached hydrogen (secondary N) is 4. The normalized spacial score (nSPS) is 9.90. The van der Waals surface area contributed by atoms with Gasteiger partial charge in [-0.05, 0) is 44.3 Å². The van der Waals surface area contributed by atoms with Gasteiger partial charge in [-0.15, -0.1) is 0 Å². The first kappa shape index (κ1) is 17.3. The molecule has 0 aliphatic heterocycles. The van der Waals surface area contributed by atoms with Gasteiger partial charge in [-0.25, -0.2) is 0 Å². The van der Waals surface area contributed by atoms with Gasteiger partial charge in [-0.3, -0.25) is 21.0 Å². The van der Waals surface area contributed by atoms with Gasteiger partial charge >= 0.3 is 0 Å². The zero-order valence-electron chi connectivity index (χ0n) is 11.3. The SMILES string of the molecule is CC(C)NC(=S)NNC(=S)Nc1cc([N+](=O)[O-])ccc1Cl. The predicted octanol–water partition coefficient (Wildman–Crippen LogP) is 2.32. The number of benzene rings is 1. The van der Waals surface area contributed by atoms with E-state index < -0.39 is 4.92 Å². The summed E-state index contributed by atoms with van der Waals surface area (Å²) in [4.78, 5) is 10.2. The highest BCUT2D eigenvalue weighted by Crippen LogP contribution is 2.26. The van der Waals surface area contributed by atoms with E-state index >= 15 is 0 Å². The van der Waals surface area contributed by atoms with Gasteiger partial charge in [-0.2, -0.15) is 0 Å². The van der Waals surface area contributed by atoms with E-state index in [-0.39, 0.29) is 16.8 Å². The van der Waals surface area contributed by atoms with Crippen LogP contribution in [0.2, 0.25) is 5.02 Å². The standard InChI is InChI=1S/C11H14ClN5O2S2/c1-6(2)13-10(20)15-16-11(21)14-9-5-7(17(18)19)3-4-8(9)12/h3-6H,1-2H3,(H2,13,15,20)(H2,14,16,21). The van der Waals surface area contributed by atoms with E-state index in [1.54, 1.807) is 0 Å². The third-order valence-corrected chi connectivity index (χ3v) is 2.87. The lowest BCUT2D eigenvalue weighted by atomic mass is 10.3. The first-order valence-electron chi connectivity index (χ1n) is 5.87. The molecule has 0 amide bonds. The lowest BCUT2D eigenvalue weighted by Crippen LogP contribution is -2.49. The maximum atomic E-state index is 10.7. The van der Waals surface area contributed by atoms with Crippen LogP contribution in [0.5, 0.6) is 0 Å². The van der Waals surface area contributed by atoms with Crippen LogP contribution in [-0.2, 0) is 0 Å². The summed E-state index contributed by atoms with van der Waals surface area (Å²) >= 11 is 16.0. The second-order valence-electron chi connectivity index (χ2n) is 4.25. The molecule has 10 heteroatoms. The van der Waals surface area contributed by atoms with Crippen LogP contribution in [0.25, 0.3) is 0 Å². The summed E-state index contributed by atoms with van der Waals surface area (Å²) in [6, 6.07) is 4.20. The number of nitrogens with zero attached hydrogens (tertiary/aromatic N) is 1. The van der Waals surface area contributed by atoms with Crippen LogP contribution in [0.15, 0.2) is 18.2 Å². The molecule has 7 nitrogen and oxygen atoms in total. The Morgan fingerprint density at radius 1 is 1.29 bits per heavy atom. The van der Waals surface area contributed by atoms with E-state index in [1.165, 1.54) is 18.2 Å². The lowest BCUT2D eigenvalue weighted by Gasteiger charge is -2.16. The Hall–Kier alpha value is -1.71. The molecule has 1 rings (SSSR count). The van der Waals surface area contributed by atoms with Crippen molar-refractivity contribution in [2.45, 2.75) is 19.9 Å². The molecule has 1 aromatic rings. The number of nitro benzene ring substituents is 1. The zero-order chi connectivity index (χ0) is 16.0. The Kier molecular flexibility index (Phi) is 6.53. The first-order chi connectivity index (χ1) is 9.79. The van der Waals surface area contributed by atoms with Gasteiger partial charge in [0.15, 0.2) is 10.2 Å². The smallest absolute Gasteiger partial charge is 0.271 e. The number of halogens is 1. The molecule has 0 aliphatic carbocycles. The summed E-state index contributed by atoms with van der Waals surface area (Å²) in [5, 5.41) is 17.3. The molecule has 0 spiro atoms. The van der Waals surface area contributed by atoms with Gasteiger partial charge < -0.3 is 10.6 Å². The Morgan fingerprint density at radius 3 is 2.48 bits per heavy atom. The molecule has 0 bridgehead atoms. The van der Waals surface area contributed by atoms with Crippen LogP contribution in [0.1, 0.15) is 13.8 Å². The number of anilines is 1. The van der Waals surface area contributed by atoms with Crippen molar-refractivity contribution in [3.8, 4) is 0 Å². The zero-order valence-corrected chi connectivity index (χ0v) is 13.7. The number of hydrogen-bond donors (Lipinski definition) is 4. The minimum atomic E-state index is -0.516. The summed E-state index contributed by atoms with van der Waals surface area (Å²) in [6.07, 6.45) is 0. The molecule has 0 unspecified atom stereocenters. The second kappa shape index (κ2) is 7.91. The van der Waals surface area contributed by atoms with Crippen molar-refractivity contribution in [1.29, 1.82) is 0 Å². The molecule has 0 radical (unpaired) electrons. The van der Waals surface area contributed by atoms with E-state index in [1.807, 2.05) is 13.8 Å². The van der Waals surface area contributed by atoms with E-state index in [0.717, 1.165) is 0 Å². The molecule has 114 valence electrons. The van der Waals surface area contributed by atoms with Gasteiger partial charge in [0, 0.05) is 18.2 Å². The molecule has 0 aliphatic rings. The van der Waals surface area contributed by atoms with E-state index in [9.17, 15) is 10.1 Å². The summed E-state index contributed by atoms with van der Waals surface area (Å²) in [5.41, 5.74) is 5.57. The minimum absolute atomic E-state index is 0.0883. The van der Waals surface area contributed by atoms with Gasteiger partial charge in [0.05, 0.1) is 15.6 Å². The van der Waals surface area contributed by atoms with Gasteiger partial charge in [0.25, 0.3) is 5.69 Å². The molecule has 0 saturated heterocycles. The highest BCUT2D eigenvalue weighted by Gasteiger charge is 2.10. The van der Waals surface area contributed by atoms with Crippen LogP contribution in [0.3, 0.4) is 0 Å². The van der Waals surface area contributed by atoms with Crippen molar-refractivity contribution in [2.24, 2.45) is 0 Å². The van der Waals surface area contributed by atoms with Crippen LogP contribution in [0.4, 0.5) is 11.4 Å². The van der Waals surface area contributed by atoms with E-state index in [4.69, 9.17) is 36.0 Å². The predicted molar refractivity (Wildman–Crippen MR) is 91.5 cm³/mol. The fraction of sp³-hybridized carbons (Fsp3) is 0.273. The Balaban J connectivity index is 2.60. The summed E-state index contributed by atoms with van der Waals surface area (Å²) < 4.78 is 0. The van der Waals surface area contributed by atoms with Crippen molar-refractivity contribution in [3.63, 3.8) is 0 Å². The topological polar surface area (TPSA) is 91.3 Å². The van der Waals surface area contributed by atoms with Crippen molar-refractivity contribution >= 4 is 57.6 Å². The third kappa shape index (κ3) is 6.06. The average molecular weight is 348 g/mol. The largest absolute Gasteiger partial charge is 0.359 e. The number of thiocarbonyl (C=S) groups is 2. The van der Waals surface area contributed by atoms with E-state index in [0.29, 0.717) is 15.8 Å². The average Bonchev–Trinajstić information content (AvgIpc) is 2.38. The highest BCUT2D eigenvalue weighted by molar-refractivity contribution is 7.80. The number of rotatable bonds is 3. The molecular formula is C11H14ClN5O2S2. The molecule has 0 fully saturated rings. The molecule has 0 saturated carbocycles. The van der Waals surface area contributed by atoms with Crippen LogP contribution in [-0.4, -0.2) is 21.2 Å². The third-order valence-electron chi connectivity index (χ3n) is 2.12. The molecule has 0 aromatic heterocycles. The van der Waals surface area contributed by atoms with Crippen LogP contribution >= 0.6 is 36.0 Å². The summed E-state index contributed by atoms with van der Waals surface area (Å²) in [5.74, 6) is 0. The summed E-state index contributed by atoms with van der Waals surface area (Å²) in [6.45, 7) is 3.88. The molecule has 21 heavy (non-hydrogen) atoms. The quantitative estimate of drug-likeness (QED) is 0.376. The van der Waals surface area contributed by atoms with Crippen molar-refractivity contribution in [3.05, 3.63) is 33.3 Å². The maximum absolute atomic E-state index is 10.7. The Morgan fingerprint density at radius 2 is 1.90 bits per heavy atom. The monoisotopic (exact) mass is 347 g/mol. The molecule has 0 atom stereocenters. The number of nitro groups is 1. The Bertz CT molecular complexity index is 568. The minimum Gasteiger partial charge on any atom is -0.359 e. The van der Waals surface area contributed by atoms with Gasteiger partial charge in [0.1, 0.15) is 0 Å². The lowest BCUT2D eigenvalue weighted by molar-refractivity contribution is -0.384. The number of non-ortho nitro benzene ring substituents is 1. The van der Waals surface area contributed by atoms with Crippen molar-refractivity contribution < 1.29 is 4.92 Å². The fourth-order valence-electron chi connectivity index (χ4n) is 1.29. The van der Waals surface area contributed by atoms with Crippen molar-refractivity contribution in [1.82, 2.24) is 16.2 Å². The first-order valence-corrected chi connectivity index (χ1v) is 7.06. The second-order valence-corrected chi connectivity index (χ2v) is 5.48. The molecule has 4 N–H and O–H groups in total. The number of hydrazine groups is 1. The number of hydrogen-bond acceptors (Lipinski definition) is 4. The summed E-state index contributed by atoms with van der Waals surface area (Å²) in [7, 11) is 0. The molecule has 0 heterocycles. The molecular weight excluding hydrogens is 334 g/mol. The molecule has 1 aromatic carbocycles. The fourth-order valence-corrected chi connectivity index (χ4v) is 1.90. The maximum Gasteiger partial charge on any atom is 0.271 e. The highest BCUT2D eigenvalue weighted by atomic mass is 35.5. The van der Waals surface area contributed by atoms with Crippen LogP contribution in [0, 0.1) is 10.1 Å². The van der Waals surface area contributed by atoms with Gasteiger partial charge in [-0.1, -0.05) is 11.6 Å².